The highest BCUT2D eigenvalue weighted by Gasteiger charge is 2.16. The quantitative estimate of drug-likeness (QED) is 0.621. The van der Waals surface area contributed by atoms with Crippen molar-refractivity contribution in [2.24, 2.45) is 5.92 Å². The zero-order chi connectivity index (χ0) is 7.40. The van der Waals surface area contributed by atoms with Gasteiger partial charge in [-0.2, -0.15) is 0 Å². The molecule has 0 amide bonds. The first kappa shape index (κ1) is 8.06. The van der Waals surface area contributed by atoms with Crippen molar-refractivity contribution in [3.05, 3.63) is 0 Å². The molecule has 0 aromatic rings. The van der Waals surface area contributed by atoms with Crippen LogP contribution in [0, 0.1) is 5.92 Å². The first-order valence-electron chi connectivity index (χ1n) is 4.56. The van der Waals surface area contributed by atoms with Gasteiger partial charge in [0.2, 0.25) is 0 Å². The van der Waals surface area contributed by atoms with Gasteiger partial charge in [0.25, 0.3) is 0 Å². The SMILES string of the molecule is CCNC1CCC[C@@H](C)C1. The minimum atomic E-state index is 0.828. The minimum absolute atomic E-state index is 0.828. The Balaban J connectivity index is 2.18. The van der Waals surface area contributed by atoms with Crippen molar-refractivity contribution < 1.29 is 0 Å². The van der Waals surface area contributed by atoms with Gasteiger partial charge >= 0.3 is 0 Å². The van der Waals surface area contributed by atoms with Crippen LogP contribution in [0.1, 0.15) is 39.5 Å². The van der Waals surface area contributed by atoms with Crippen LogP contribution < -0.4 is 5.32 Å². The molecule has 1 heteroatoms. The first-order valence-corrected chi connectivity index (χ1v) is 4.56. The number of hydrogen-bond donors (Lipinski definition) is 1. The smallest absolute Gasteiger partial charge is 0.00694 e. The predicted molar refractivity (Wildman–Crippen MR) is 45.1 cm³/mol. The molecular weight excluding hydrogens is 122 g/mol. The van der Waals surface area contributed by atoms with E-state index >= 15 is 0 Å². The summed E-state index contributed by atoms with van der Waals surface area (Å²) in [7, 11) is 0. The van der Waals surface area contributed by atoms with Crippen molar-refractivity contribution in [2.45, 2.75) is 45.6 Å². The third-order valence-corrected chi connectivity index (χ3v) is 2.43. The topological polar surface area (TPSA) is 12.0 Å². The maximum absolute atomic E-state index is 3.51. The maximum Gasteiger partial charge on any atom is 0.00694 e. The molecule has 10 heavy (non-hydrogen) atoms. The summed E-state index contributed by atoms with van der Waals surface area (Å²) in [6.07, 6.45) is 5.67. The number of hydrogen-bond acceptors (Lipinski definition) is 1. The molecule has 0 heterocycles. The standard InChI is InChI=1S/C9H19N/c1-3-10-9-6-4-5-8(2)7-9/h8-10H,3-7H2,1-2H3/t8-,9?/m1/s1. The van der Waals surface area contributed by atoms with Gasteiger partial charge in [0.1, 0.15) is 0 Å². The molecule has 1 aliphatic rings. The molecule has 1 fully saturated rings. The molecule has 1 N–H and O–H groups in total. The van der Waals surface area contributed by atoms with E-state index in [-0.39, 0.29) is 0 Å². The van der Waals surface area contributed by atoms with E-state index in [1.165, 1.54) is 25.7 Å². The van der Waals surface area contributed by atoms with Gasteiger partial charge in [0.15, 0.2) is 0 Å². The molecule has 0 spiro atoms. The lowest BCUT2D eigenvalue weighted by Crippen LogP contribution is -2.33. The molecule has 1 nitrogen and oxygen atoms in total. The van der Waals surface area contributed by atoms with Gasteiger partial charge < -0.3 is 5.32 Å². The Bertz CT molecular complexity index is 88.7. The molecule has 1 aliphatic carbocycles. The zero-order valence-electron chi connectivity index (χ0n) is 7.19. The summed E-state index contributed by atoms with van der Waals surface area (Å²) in [4.78, 5) is 0. The predicted octanol–water partition coefficient (Wildman–Crippen LogP) is 2.17. The van der Waals surface area contributed by atoms with E-state index in [0.717, 1.165) is 18.5 Å². The van der Waals surface area contributed by atoms with Crippen molar-refractivity contribution >= 4 is 0 Å². The third-order valence-electron chi connectivity index (χ3n) is 2.43. The van der Waals surface area contributed by atoms with Gasteiger partial charge in [-0.15, -0.1) is 0 Å². The fraction of sp³-hybridized carbons (Fsp3) is 1.00. The van der Waals surface area contributed by atoms with Crippen LogP contribution in [0.25, 0.3) is 0 Å². The van der Waals surface area contributed by atoms with Gasteiger partial charge in [0.05, 0.1) is 0 Å². The van der Waals surface area contributed by atoms with Crippen LogP contribution in [-0.2, 0) is 0 Å². The lowest BCUT2D eigenvalue weighted by atomic mass is 9.87. The number of rotatable bonds is 2. The highest BCUT2D eigenvalue weighted by molar-refractivity contribution is 4.74. The van der Waals surface area contributed by atoms with Gasteiger partial charge in [-0.3, -0.25) is 0 Å². The largest absolute Gasteiger partial charge is 0.314 e. The van der Waals surface area contributed by atoms with Gasteiger partial charge in [0, 0.05) is 6.04 Å². The zero-order valence-corrected chi connectivity index (χ0v) is 7.19. The summed E-state index contributed by atoms with van der Waals surface area (Å²) in [6.45, 7) is 5.69. The molecule has 60 valence electrons. The lowest BCUT2D eigenvalue weighted by molar-refractivity contribution is 0.305. The Morgan fingerprint density at radius 2 is 2.20 bits per heavy atom. The van der Waals surface area contributed by atoms with Gasteiger partial charge in [-0.1, -0.05) is 26.7 Å². The van der Waals surface area contributed by atoms with Crippen molar-refractivity contribution in [2.75, 3.05) is 6.54 Å². The molecule has 1 rings (SSSR count). The lowest BCUT2D eigenvalue weighted by Gasteiger charge is -2.26. The summed E-state index contributed by atoms with van der Waals surface area (Å²) in [5, 5.41) is 3.51. The molecule has 0 aromatic heterocycles. The fourth-order valence-corrected chi connectivity index (χ4v) is 1.91. The Morgan fingerprint density at radius 3 is 2.80 bits per heavy atom. The van der Waals surface area contributed by atoms with E-state index in [4.69, 9.17) is 0 Å². The van der Waals surface area contributed by atoms with Crippen LogP contribution in [0.5, 0.6) is 0 Å². The third kappa shape index (κ3) is 2.30. The average Bonchev–Trinajstić information content (AvgIpc) is 1.88. The van der Waals surface area contributed by atoms with Crippen molar-refractivity contribution in [1.82, 2.24) is 5.32 Å². The molecular formula is C9H19N. The van der Waals surface area contributed by atoms with E-state index in [1.54, 1.807) is 0 Å². The van der Waals surface area contributed by atoms with E-state index in [9.17, 15) is 0 Å². The van der Waals surface area contributed by atoms with Crippen molar-refractivity contribution in [1.29, 1.82) is 0 Å². The molecule has 0 saturated heterocycles. The monoisotopic (exact) mass is 141 g/mol. The van der Waals surface area contributed by atoms with Gasteiger partial charge in [-0.05, 0) is 25.3 Å². The highest BCUT2D eigenvalue weighted by Crippen LogP contribution is 2.23. The fourth-order valence-electron chi connectivity index (χ4n) is 1.91. The normalized spacial score (nSPS) is 34.2. The number of nitrogens with one attached hydrogen (secondary N) is 1. The van der Waals surface area contributed by atoms with E-state index in [2.05, 4.69) is 19.2 Å². The van der Waals surface area contributed by atoms with E-state index in [0.29, 0.717) is 0 Å². The van der Waals surface area contributed by atoms with Crippen molar-refractivity contribution in [3.63, 3.8) is 0 Å². The average molecular weight is 141 g/mol. The first-order chi connectivity index (χ1) is 4.83. The summed E-state index contributed by atoms with van der Waals surface area (Å²) >= 11 is 0. The van der Waals surface area contributed by atoms with Crippen LogP contribution in [0.2, 0.25) is 0 Å². The second-order valence-corrected chi connectivity index (χ2v) is 3.53. The molecule has 1 saturated carbocycles. The molecule has 0 aromatic carbocycles. The summed E-state index contributed by atoms with van der Waals surface area (Å²) in [5.74, 6) is 0.956. The Labute approximate surface area is 64.2 Å². The molecule has 1 unspecified atom stereocenters. The minimum Gasteiger partial charge on any atom is -0.314 e. The Hall–Kier alpha value is -0.0400. The van der Waals surface area contributed by atoms with E-state index < -0.39 is 0 Å². The van der Waals surface area contributed by atoms with Crippen LogP contribution in [0.15, 0.2) is 0 Å². The molecule has 0 aliphatic heterocycles. The van der Waals surface area contributed by atoms with Crippen molar-refractivity contribution in [3.8, 4) is 0 Å². The Kier molecular flexibility index (Phi) is 3.20. The molecule has 0 bridgehead atoms. The van der Waals surface area contributed by atoms with Crippen LogP contribution in [0.3, 0.4) is 0 Å². The Morgan fingerprint density at radius 1 is 1.40 bits per heavy atom. The summed E-state index contributed by atoms with van der Waals surface area (Å²) < 4.78 is 0. The highest BCUT2D eigenvalue weighted by atomic mass is 14.9. The van der Waals surface area contributed by atoms with E-state index in [1.807, 2.05) is 0 Å². The second-order valence-electron chi connectivity index (χ2n) is 3.53. The molecule has 2 atom stereocenters. The van der Waals surface area contributed by atoms with Crippen LogP contribution in [-0.4, -0.2) is 12.6 Å². The van der Waals surface area contributed by atoms with Crippen LogP contribution >= 0.6 is 0 Å². The maximum atomic E-state index is 3.51. The summed E-state index contributed by atoms with van der Waals surface area (Å²) in [5.41, 5.74) is 0. The summed E-state index contributed by atoms with van der Waals surface area (Å²) in [6, 6.07) is 0.828. The van der Waals surface area contributed by atoms with Gasteiger partial charge in [-0.25, -0.2) is 0 Å². The van der Waals surface area contributed by atoms with Crippen LogP contribution in [0.4, 0.5) is 0 Å². The molecule has 0 radical (unpaired) electrons. The second kappa shape index (κ2) is 3.97.